The van der Waals surface area contributed by atoms with Gasteiger partial charge in [-0.1, -0.05) is 6.07 Å². The summed E-state index contributed by atoms with van der Waals surface area (Å²) in [6.45, 7) is 1.27. The van der Waals surface area contributed by atoms with Crippen LogP contribution in [-0.4, -0.2) is 33.5 Å². The Labute approximate surface area is 121 Å². The van der Waals surface area contributed by atoms with E-state index in [0.29, 0.717) is 17.9 Å². The molecule has 0 radical (unpaired) electrons. The molecule has 2 heterocycles. The van der Waals surface area contributed by atoms with Crippen molar-refractivity contribution in [2.75, 3.05) is 13.7 Å². The first-order chi connectivity index (χ1) is 9.79. The molecule has 20 heavy (non-hydrogen) atoms. The molecular weight excluding hydrogens is 272 g/mol. The number of aromatic amines is 1. The summed E-state index contributed by atoms with van der Waals surface area (Å²) in [5.74, 6) is 0.817. The number of nitrogens with zero attached hydrogens (tertiary/aromatic N) is 3. The van der Waals surface area contributed by atoms with Crippen molar-refractivity contribution in [3.63, 3.8) is 0 Å². The van der Waals surface area contributed by atoms with E-state index in [1.165, 1.54) is 0 Å². The minimum atomic E-state index is 0.593. The van der Waals surface area contributed by atoms with Crippen molar-refractivity contribution in [2.45, 2.75) is 6.54 Å². The van der Waals surface area contributed by atoms with E-state index in [-0.39, 0.29) is 0 Å². The van der Waals surface area contributed by atoms with Crippen LogP contribution < -0.4 is 0 Å². The number of benzene rings is 1. The zero-order valence-electron chi connectivity index (χ0n) is 11.0. The van der Waals surface area contributed by atoms with Crippen molar-refractivity contribution in [1.82, 2.24) is 19.7 Å². The lowest BCUT2D eigenvalue weighted by atomic mass is 10.1. The van der Waals surface area contributed by atoms with Crippen molar-refractivity contribution in [3.05, 3.63) is 41.3 Å². The zero-order valence-corrected chi connectivity index (χ0v) is 11.9. The van der Waals surface area contributed by atoms with Gasteiger partial charge in [0, 0.05) is 24.3 Å². The van der Waals surface area contributed by atoms with Gasteiger partial charge in [-0.25, -0.2) is 0 Å². The second-order valence-electron chi connectivity index (χ2n) is 4.41. The van der Waals surface area contributed by atoms with Crippen LogP contribution in [-0.2, 0) is 11.3 Å². The maximum absolute atomic E-state index is 5.26. The number of ether oxygens (including phenoxy) is 1. The second kappa shape index (κ2) is 5.52. The summed E-state index contributed by atoms with van der Waals surface area (Å²) < 4.78 is 7.65. The van der Waals surface area contributed by atoms with Crippen molar-refractivity contribution in [3.8, 4) is 11.4 Å². The lowest BCUT2D eigenvalue weighted by molar-refractivity contribution is 0.187. The molecule has 3 rings (SSSR count). The summed E-state index contributed by atoms with van der Waals surface area (Å²) in [5.41, 5.74) is 1.97. The zero-order chi connectivity index (χ0) is 13.9. The van der Waals surface area contributed by atoms with Gasteiger partial charge in [-0.15, -0.1) is 0 Å². The van der Waals surface area contributed by atoms with E-state index in [0.717, 1.165) is 22.3 Å². The summed E-state index contributed by atoms with van der Waals surface area (Å²) in [6.07, 6.45) is 1.79. The molecular formula is C14H14N4OS. The van der Waals surface area contributed by atoms with Crippen LogP contribution in [0.25, 0.3) is 22.3 Å². The van der Waals surface area contributed by atoms with Gasteiger partial charge in [0.25, 0.3) is 0 Å². The first-order valence-corrected chi connectivity index (χ1v) is 6.70. The molecule has 0 atom stereocenters. The Bertz CT molecular complexity index is 793. The first kappa shape index (κ1) is 13.0. The maximum atomic E-state index is 5.26. The van der Waals surface area contributed by atoms with Crippen LogP contribution in [0.3, 0.4) is 0 Å². The number of aromatic nitrogens is 4. The predicted octanol–water partition coefficient (Wildman–Crippen LogP) is 2.80. The summed E-state index contributed by atoms with van der Waals surface area (Å²) in [4.78, 5) is 4.32. The third-order valence-electron chi connectivity index (χ3n) is 3.14. The van der Waals surface area contributed by atoms with Gasteiger partial charge in [0.1, 0.15) is 0 Å². The number of methoxy groups -OCH3 is 1. The normalized spacial score (nSPS) is 11.1. The SMILES string of the molecule is COCCn1c(-c2ccc3ncccc3c2)n[nH]c1=S. The smallest absolute Gasteiger partial charge is 0.195 e. The van der Waals surface area contributed by atoms with E-state index < -0.39 is 0 Å². The number of fused-ring (bicyclic) bond motifs is 1. The fraction of sp³-hybridized carbons (Fsp3) is 0.214. The second-order valence-corrected chi connectivity index (χ2v) is 4.79. The lowest BCUT2D eigenvalue weighted by Gasteiger charge is -2.07. The fourth-order valence-corrected chi connectivity index (χ4v) is 2.37. The minimum Gasteiger partial charge on any atom is -0.383 e. The largest absolute Gasteiger partial charge is 0.383 e. The molecule has 0 bridgehead atoms. The van der Waals surface area contributed by atoms with E-state index in [4.69, 9.17) is 17.0 Å². The first-order valence-electron chi connectivity index (χ1n) is 6.29. The molecule has 0 saturated carbocycles. The van der Waals surface area contributed by atoms with Crippen molar-refractivity contribution < 1.29 is 4.74 Å². The molecule has 0 fully saturated rings. The molecule has 3 aromatic rings. The molecule has 0 unspecified atom stereocenters. The standard InChI is InChI=1S/C14H14N4OS/c1-19-8-7-18-13(16-17-14(18)20)11-4-5-12-10(9-11)3-2-6-15-12/h2-6,9H,7-8H2,1H3,(H,17,20). The van der Waals surface area contributed by atoms with Gasteiger partial charge in [0.2, 0.25) is 0 Å². The van der Waals surface area contributed by atoms with Gasteiger partial charge >= 0.3 is 0 Å². The minimum absolute atomic E-state index is 0.593. The quantitative estimate of drug-likeness (QED) is 0.749. The van der Waals surface area contributed by atoms with E-state index in [9.17, 15) is 0 Å². The van der Waals surface area contributed by atoms with E-state index in [2.05, 4.69) is 21.2 Å². The van der Waals surface area contributed by atoms with Gasteiger partial charge in [0.15, 0.2) is 10.6 Å². The Morgan fingerprint density at radius 1 is 1.35 bits per heavy atom. The van der Waals surface area contributed by atoms with Crippen LogP contribution in [0.15, 0.2) is 36.5 Å². The molecule has 1 N–H and O–H groups in total. The predicted molar refractivity (Wildman–Crippen MR) is 80.0 cm³/mol. The van der Waals surface area contributed by atoms with Crippen molar-refractivity contribution >= 4 is 23.1 Å². The van der Waals surface area contributed by atoms with Crippen molar-refractivity contribution in [1.29, 1.82) is 0 Å². The van der Waals surface area contributed by atoms with Gasteiger partial charge in [-0.3, -0.25) is 14.6 Å². The Hall–Kier alpha value is -2.05. The van der Waals surface area contributed by atoms with Gasteiger partial charge in [0.05, 0.1) is 18.7 Å². The molecule has 2 aromatic heterocycles. The third kappa shape index (κ3) is 2.35. The van der Waals surface area contributed by atoms with Crippen LogP contribution in [0, 0.1) is 4.77 Å². The monoisotopic (exact) mass is 286 g/mol. The highest BCUT2D eigenvalue weighted by Crippen LogP contribution is 2.22. The topological polar surface area (TPSA) is 55.7 Å². The number of hydrogen-bond donors (Lipinski definition) is 1. The van der Waals surface area contributed by atoms with Crippen LogP contribution in [0.5, 0.6) is 0 Å². The Kier molecular flexibility index (Phi) is 3.58. The van der Waals surface area contributed by atoms with E-state index in [1.54, 1.807) is 13.3 Å². The molecule has 102 valence electrons. The summed E-state index contributed by atoms with van der Waals surface area (Å²) in [5, 5.41) is 8.23. The number of hydrogen-bond acceptors (Lipinski definition) is 4. The van der Waals surface area contributed by atoms with Gasteiger partial charge < -0.3 is 4.74 Å². The molecule has 1 aromatic carbocycles. The number of rotatable bonds is 4. The highest BCUT2D eigenvalue weighted by atomic mass is 32.1. The highest BCUT2D eigenvalue weighted by molar-refractivity contribution is 7.71. The number of H-pyrrole nitrogens is 1. The molecule has 0 saturated heterocycles. The van der Waals surface area contributed by atoms with Crippen molar-refractivity contribution in [2.24, 2.45) is 0 Å². The molecule has 5 nitrogen and oxygen atoms in total. The fourth-order valence-electron chi connectivity index (χ4n) is 2.14. The number of nitrogens with one attached hydrogen (secondary N) is 1. The van der Waals surface area contributed by atoms with E-state index >= 15 is 0 Å². The Morgan fingerprint density at radius 3 is 3.10 bits per heavy atom. The third-order valence-corrected chi connectivity index (χ3v) is 3.45. The summed E-state index contributed by atoms with van der Waals surface area (Å²) in [7, 11) is 1.67. The highest BCUT2D eigenvalue weighted by Gasteiger charge is 2.09. The average Bonchev–Trinajstić information content (AvgIpc) is 2.85. The van der Waals surface area contributed by atoms with Crippen LogP contribution in [0.1, 0.15) is 0 Å². The Morgan fingerprint density at radius 2 is 2.25 bits per heavy atom. The molecule has 0 aliphatic rings. The van der Waals surface area contributed by atoms with E-state index in [1.807, 2.05) is 28.8 Å². The lowest BCUT2D eigenvalue weighted by Crippen LogP contribution is -2.06. The van der Waals surface area contributed by atoms with Crippen LogP contribution >= 0.6 is 12.2 Å². The molecule has 0 aliphatic heterocycles. The molecule has 6 heteroatoms. The Balaban J connectivity index is 2.08. The summed E-state index contributed by atoms with van der Waals surface area (Å²) in [6, 6.07) is 10.0. The molecule has 0 spiro atoms. The summed E-state index contributed by atoms with van der Waals surface area (Å²) >= 11 is 5.26. The molecule has 0 aliphatic carbocycles. The maximum Gasteiger partial charge on any atom is 0.195 e. The average molecular weight is 286 g/mol. The van der Waals surface area contributed by atoms with Crippen LogP contribution in [0.2, 0.25) is 0 Å². The molecule has 0 amide bonds. The van der Waals surface area contributed by atoms with Gasteiger partial charge in [-0.05, 0) is 36.5 Å². The van der Waals surface area contributed by atoms with Gasteiger partial charge in [-0.2, -0.15) is 5.10 Å². The number of pyridine rings is 1. The van der Waals surface area contributed by atoms with Crippen LogP contribution in [0.4, 0.5) is 0 Å².